The lowest BCUT2D eigenvalue weighted by atomic mass is 10.1. The number of nitrogens with one attached hydrogen (secondary N) is 1. The van der Waals surface area contributed by atoms with Crippen LogP contribution in [0, 0.1) is 15.9 Å². The van der Waals surface area contributed by atoms with Crippen LogP contribution in [-0.4, -0.2) is 27.2 Å². The third-order valence-corrected chi connectivity index (χ3v) is 4.43. The lowest BCUT2D eigenvalue weighted by Crippen LogP contribution is -2.26. The Morgan fingerprint density at radius 1 is 1.17 bits per heavy atom. The summed E-state index contributed by atoms with van der Waals surface area (Å²) in [5.74, 6) is -0.700. The first-order valence-corrected chi connectivity index (χ1v) is 9.38. The van der Waals surface area contributed by atoms with Crippen molar-refractivity contribution >= 4 is 11.6 Å². The minimum Gasteiger partial charge on any atom is -0.351 e. The molecular weight excluding hydrogens is 375 g/mol. The van der Waals surface area contributed by atoms with E-state index < -0.39 is 4.92 Å². The standard InChI is InChI=1S/C21H21FN4O3/c1-2-3-4-12-23-21(27)20-14-19(15-8-10-16(22)11-9-15)24-25(20)17-6-5-7-18(13-17)26(28)29/h5-11,13-14H,2-4,12H2,1H3,(H,23,27). The molecule has 0 aliphatic heterocycles. The number of amides is 1. The number of rotatable bonds is 8. The van der Waals surface area contributed by atoms with Gasteiger partial charge in [-0.05, 0) is 42.8 Å². The highest BCUT2D eigenvalue weighted by Crippen LogP contribution is 2.24. The summed E-state index contributed by atoms with van der Waals surface area (Å²) in [7, 11) is 0. The van der Waals surface area contributed by atoms with Crippen LogP contribution in [0.2, 0.25) is 0 Å². The van der Waals surface area contributed by atoms with E-state index in [-0.39, 0.29) is 23.1 Å². The SMILES string of the molecule is CCCCCNC(=O)c1cc(-c2ccc(F)cc2)nn1-c1cccc([N+](=O)[O-])c1. The molecule has 0 radical (unpaired) electrons. The van der Waals surface area contributed by atoms with Crippen molar-refractivity contribution in [2.45, 2.75) is 26.2 Å². The molecule has 0 unspecified atom stereocenters. The van der Waals surface area contributed by atoms with Crippen LogP contribution < -0.4 is 5.32 Å². The molecule has 0 fully saturated rings. The van der Waals surface area contributed by atoms with Crippen molar-refractivity contribution in [1.29, 1.82) is 0 Å². The molecule has 0 saturated heterocycles. The third-order valence-electron chi connectivity index (χ3n) is 4.43. The largest absolute Gasteiger partial charge is 0.351 e. The van der Waals surface area contributed by atoms with Gasteiger partial charge < -0.3 is 5.32 Å². The number of halogens is 1. The zero-order valence-electron chi connectivity index (χ0n) is 16.0. The molecule has 1 heterocycles. The summed E-state index contributed by atoms with van der Waals surface area (Å²) in [5.41, 5.74) is 1.65. The molecule has 0 aliphatic carbocycles. The molecule has 0 aliphatic rings. The highest BCUT2D eigenvalue weighted by Gasteiger charge is 2.19. The van der Waals surface area contributed by atoms with Gasteiger partial charge in [0, 0.05) is 24.2 Å². The Kier molecular flexibility index (Phi) is 6.33. The summed E-state index contributed by atoms with van der Waals surface area (Å²) in [6.07, 6.45) is 2.90. The Labute approximate surface area is 167 Å². The van der Waals surface area contributed by atoms with E-state index in [4.69, 9.17) is 0 Å². The second-order valence-electron chi connectivity index (χ2n) is 6.57. The van der Waals surface area contributed by atoms with Gasteiger partial charge in [0.05, 0.1) is 16.3 Å². The Bertz CT molecular complexity index is 1020. The predicted molar refractivity (Wildman–Crippen MR) is 107 cm³/mol. The summed E-state index contributed by atoms with van der Waals surface area (Å²) in [5, 5.41) is 18.4. The maximum Gasteiger partial charge on any atom is 0.271 e. The van der Waals surface area contributed by atoms with Crippen LogP contribution in [-0.2, 0) is 0 Å². The van der Waals surface area contributed by atoms with E-state index in [1.54, 1.807) is 24.3 Å². The first kappa shape index (κ1) is 20.2. The average Bonchev–Trinajstić information content (AvgIpc) is 3.17. The van der Waals surface area contributed by atoms with Gasteiger partial charge >= 0.3 is 0 Å². The molecule has 0 atom stereocenters. The van der Waals surface area contributed by atoms with E-state index >= 15 is 0 Å². The van der Waals surface area contributed by atoms with Crippen LogP contribution in [0.25, 0.3) is 16.9 Å². The summed E-state index contributed by atoms with van der Waals surface area (Å²) in [6.45, 7) is 2.60. The molecule has 0 saturated carbocycles. The molecule has 0 spiro atoms. The van der Waals surface area contributed by atoms with Gasteiger partial charge in [0.25, 0.3) is 11.6 Å². The number of nitrogens with zero attached hydrogens (tertiary/aromatic N) is 3. The van der Waals surface area contributed by atoms with E-state index in [2.05, 4.69) is 17.3 Å². The molecule has 1 amide bonds. The molecule has 7 nitrogen and oxygen atoms in total. The zero-order valence-corrected chi connectivity index (χ0v) is 16.0. The highest BCUT2D eigenvalue weighted by atomic mass is 19.1. The van der Waals surface area contributed by atoms with Gasteiger partial charge in [0.2, 0.25) is 0 Å². The van der Waals surface area contributed by atoms with Crippen molar-refractivity contribution in [2.75, 3.05) is 6.54 Å². The normalized spacial score (nSPS) is 10.7. The summed E-state index contributed by atoms with van der Waals surface area (Å²) in [6, 6.07) is 13.3. The number of unbranched alkanes of at least 4 members (excludes halogenated alkanes) is 2. The molecule has 1 N–H and O–H groups in total. The molecular formula is C21H21FN4O3. The lowest BCUT2D eigenvalue weighted by molar-refractivity contribution is -0.384. The van der Waals surface area contributed by atoms with Gasteiger partial charge in [-0.2, -0.15) is 5.10 Å². The van der Waals surface area contributed by atoms with Crippen molar-refractivity contribution in [3.8, 4) is 16.9 Å². The topological polar surface area (TPSA) is 90.1 Å². The van der Waals surface area contributed by atoms with Gasteiger partial charge in [-0.25, -0.2) is 9.07 Å². The fourth-order valence-electron chi connectivity index (χ4n) is 2.91. The van der Waals surface area contributed by atoms with Gasteiger partial charge in [-0.15, -0.1) is 0 Å². The van der Waals surface area contributed by atoms with E-state index in [0.717, 1.165) is 19.3 Å². The number of carbonyl (C=O) groups excluding carboxylic acids is 1. The Morgan fingerprint density at radius 2 is 1.93 bits per heavy atom. The highest BCUT2D eigenvalue weighted by molar-refractivity contribution is 5.94. The Morgan fingerprint density at radius 3 is 2.62 bits per heavy atom. The van der Waals surface area contributed by atoms with Gasteiger partial charge in [-0.1, -0.05) is 25.8 Å². The van der Waals surface area contributed by atoms with Crippen LogP contribution in [0.5, 0.6) is 0 Å². The van der Waals surface area contributed by atoms with Crippen LogP contribution in [0.3, 0.4) is 0 Å². The average molecular weight is 396 g/mol. The number of carbonyl (C=O) groups is 1. The summed E-state index contributed by atoms with van der Waals surface area (Å²) in [4.78, 5) is 23.4. The Hall–Kier alpha value is -3.55. The summed E-state index contributed by atoms with van der Waals surface area (Å²) < 4.78 is 14.6. The summed E-state index contributed by atoms with van der Waals surface area (Å²) >= 11 is 0. The minimum absolute atomic E-state index is 0.101. The smallest absolute Gasteiger partial charge is 0.271 e. The van der Waals surface area contributed by atoms with Gasteiger partial charge in [0.15, 0.2) is 0 Å². The van der Waals surface area contributed by atoms with E-state index in [1.165, 1.54) is 35.0 Å². The number of nitro benzene ring substituents is 1. The monoisotopic (exact) mass is 396 g/mol. The fourth-order valence-corrected chi connectivity index (χ4v) is 2.91. The molecule has 2 aromatic carbocycles. The fraction of sp³-hybridized carbons (Fsp3) is 0.238. The second kappa shape index (κ2) is 9.09. The Balaban J connectivity index is 2.00. The van der Waals surface area contributed by atoms with Crippen molar-refractivity contribution in [1.82, 2.24) is 15.1 Å². The predicted octanol–water partition coefficient (Wildman–Crippen LogP) is 4.51. The number of benzene rings is 2. The molecule has 0 bridgehead atoms. The maximum absolute atomic E-state index is 13.2. The lowest BCUT2D eigenvalue weighted by Gasteiger charge is -2.08. The van der Waals surface area contributed by atoms with Crippen LogP contribution in [0.15, 0.2) is 54.6 Å². The van der Waals surface area contributed by atoms with Crippen molar-refractivity contribution < 1.29 is 14.1 Å². The number of hydrogen-bond donors (Lipinski definition) is 1. The van der Waals surface area contributed by atoms with E-state index in [9.17, 15) is 19.3 Å². The van der Waals surface area contributed by atoms with E-state index in [0.29, 0.717) is 23.5 Å². The molecule has 150 valence electrons. The van der Waals surface area contributed by atoms with Gasteiger partial charge in [-0.3, -0.25) is 14.9 Å². The first-order chi connectivity index (χ1) is 14.0. The van der Waals surface area contributed by atoms with Crippen molar-refractivity contribution in [3.05, 3.63) is 76.2 Å². The van der Waals surface area contributed by atoms with Crippen LogP contribution in [0.4, 0.5) is 10.1 Å². The van der Waals surface area contributed by atoms with Crippen molar-refractivity contribution in [3.63, 3.8) is 0 Å². The zero-order chi connectivity index (χ0) is 20.8. The first-order valence-electron chi connectivity index (χ1n) is 9.38. The maximum atomic E-state index is 13.2. The third kappa shape index (κ3) is 4.84. The number of non-ortho nitro benzene ring substituents is 1. The van der Waals surface area contributed by atoms with Crippen LogP contribution >= 0.6 is 0 Å². The molecule has 8 heteroatoms. The molecule has 3 aromatic rings. The van der Waals surface area contributed by atoms with E-state index in [1.807, 2.05) is 0 Å². The molecule has 3 rings (SSSR count). The quantitative estimate of drug-likeness (QED) is 0.345. The molecule has 1 aromatic heterocycles. The number of aromatic nitrogens is 2. The van der Waals surface area contributed by atoms with Crippen molar-refractivity contribution in [2.24, 2.45) is 0 Å². The van der Waals surface area contributed by atoms with Crippen LogP contribution in [0.1, 0.15) is 36.7 Å². The second-order valence-corrected chi connectivity index (χ2v) is 6.57. The van der Waals surface area contributed by atoms with Gasteiger partial charge in [0.1, 0.15) is 11.5 Å². The molecule has 29 heavy (non-hydrogen) atoms. The number of nitro groups is 1. The number of hydrogen-bond acceptors (Lipinski definition) is 4. The minimum atomic E-state index is -0.502.